The average molecular weight is 278 g/mol. The van der Waals surface area contributed by atoms with Gasteiger partial charge in [-0.3, -0.25) is 4.57 Å². The second-order valence-corrected chi connectivity index (χ2v) is 4.52. The molecule has 2 heterocycles. The Labute approximate surface area is 107 Å². The summed E-state index contributed by atoms with van der Waals surface area (Å²) in [6.07, 6.45) is 1.19. The molecule has 18 heavy (non-hydrogen) atoms. The van der Waals surface area contributed by atoms with Crippen molar-refractivity contribution < 1.29 is 14.2 Å². The van der Waals surface area contributed by atoms with E-state index in [2.05, 4.69) is 4.98 Å². The molecular formula is C10H13ClFN3O3. The first-order valence-electron chi connectivity index (χ1n) is 5.40. The standard InChI is InChI=1S/C10H13ClFN3O3/c11-4-10(5-16)2-1-7(18-10)15-3-6(12)8(13)14-9(15)17/h3,7,16H,1-2,4-5H2,(H2,13,14,17)/t7?,10-/m1/s1. The molecule has 0 spiro atoms. The number of anilines is 1. The highest BCUT2D eigenvalue weighted by atomic mass is 35.5. The maximum atomic E-state index is 13.3. The number of alkyl halides is 1. The highest BCUT2D eigenvalue weighted by Gasteiger charge is 2.40. The number of nitrogens with two attached hydrogens (primary N) is 1. The van der Waals surface area contributed by atoms with Crippen LogP contribution in [0.25, 0.3) is 0 Å². The molecule has 0 amide bonds. The Morgan fingerprint density at radius 2 is 2.50 bits per heavy atom. The number of ether oxygens (including phenoxy) is 1. The minimum atomic E-state index is -0.885. The summed E-state index contributed by atoms with van der Waals surface area (Å²) in [6.45, 7) is -0.257. The van der Waals surface area contributed by atoms with Crippen LogP contribution in [-0.4, -0.2) is 32.7 Å². The summed E-state index contributed by atoms with van der Waals surface area (Å²) < 4.78 is 19.9. The molecule has 0 radical (unpaired) electrons. The Balaban J connectivity index is 2.30. The van der Waals surface area contributed by atoms with Gasteiger partial charge in [-0.25, -0.2) is 9.18 Å². The van der Waals surface area contributed by atoms with Crippen molar-refractivity contribution in [1.29, 1.82) is 0 Å². The summed E-state index contributed by atoms with van der Waals surface area (Å²) >= 11 is 5.73. The Kier molecular flexibility index (Phi) is 3.56. The lowest BCUT2D eigenvalue weighted by molar-refractivity contribution is -0.0861. The zero-order valence-corrected chi connectivity index (χ0v) is 10.2. The molecule has 0 aromatic carbocycles. The number of aliphatic hydroxyl groups is 1. The van der Waals surface area contributed by atoms with Crippen molar-refractivity contribution in [3.63, 3.8) is 0 Å². The minimum absolute atomic E-state index is 0.0969. The molecule has 2 rings (SSSR count). The normalized spacial score (nSPS) is 27.6. The van der Waals surface area contributed by atoms with Gasteiger partial charge in [0, 0.05) is 0 Å². The van der Waals surface area contributed by atoms with Gasteiger partial charge in [0.1, 0.15) is 11.8 Å². The summed E-state index contributed by atoms with van der Waals surface area (Å²) in [5.74, 6) is -1.13. The fourth-order valence-corrected chi connectivity index (χ4v) is 2.19. The minimum Gasteiger partial charge on any atom is -0.393 e. The second kappa shape index (κ2) is 4.83. The molecule has 1 aromatic heterocycles. The van der Waals surface area contributed by atoms with E-state index in [-0.39, 0.29) is 12.5 Å². The number of aliphatic hydroxyl groups excluding tert-OH is 1. The molecular weight excluding hydrogens is 265 g/mol. The van der Waals surface area contributed by atoms with E-state index >= 15 is 0 Å². The summed E-state index contributed by atoms with van der Waals surface area (Å²) in [6, 6.07) is 0. The van der Waals surface area contributed by atoms with Gasteiger partial charge in [0.05, 0.1) is 18.7 Å². The maximum Gasteiger partial charge on any atom is 0.351 e. The number of aromatic nitrogens is 2. The van der Waals surface area contributed by atoms with E-state index in [0.29, 0.717) is 12.8 Å². The van der Waals surface area contributed by atoms with Crippen molar-refractivity contribution in [2.45, 2.75) is 24.7 Å². The second-order valence-electron chi connectivity index (χ2n) is 4.25. The van der Waals surface area contributed by atoms with Gasteiger partial charge in [-0.1, -0.05) is 0 Å². The first-order valence-corrected chi connectivity index (χ1v) is 5.93. The van der Waals surface area contributed by atoms with Crippen molar-refractivity contribution in [1.82, 2.24) is 9.55 Å². The number of nitrogen functional groups attached to an aromatic ring is 1. The van der Waals surface area contributed by atoms with Crippen LogP contribution in [0.3, 0.4) is 0 Å². The van der Waals surface area contributed by atoms with Crippen molar-refractivity contribution in [3.05, 3.63) is 22.5 Å². The van der Waals surface area contributed by atoms with Gasteiger partial charge in [-0.15, -0.1) is 11.6 Å². The number of rotatable bonds is 3. The van der Waals surface area contributed by atoms with E-state index in [9.17, 15) is 14.3 Å². The van der Waals surface area contributed by atoms with E-state index in [1.54, 1.807) is 0 Å². The molecule has 100 valence electrons. The molecule has 0 saturated carbocycles. The number of hydrogen-bond acceptors (Lipinski definition) is 5. The third-order valence-corrected chi connectivity index (χ3v) is 3.50. The third kappa shape index (κ3) is 2.21. The smallest absolute Gasteiger partial charge is 0.351 e. The van der Waals surface area contributed by atoms with Crippen LogP contribution < -0.4 is 11.4 Å². The molecule has 1 aliphatic heterocycles. The van der Waals surface area contributed by atoms with E-state index < -0.39 is 29.2 Å². The molecule has 1 saturated heterocycles. The Bertz CT molecular complexity index is 504. The summed E-state index contributed by atoms with van der Waals surface area (Å²) in [4.78, 5) is 14.9. The van der Waals surface area contributed by atoms with Crippen LogP contribution in [0, 0.1) is 5.82 Å². The SMILES string of the molecule is Nc1nc(=O)n(C2CC[C@](CO)(CCl)O2)cc1F. The van der Waals surface area contributed by atoms with Crippen molar-refractivity contribution in [2.24, 2.45) is 0 Å². The van der Waals surface area contributed by atoms with Crippen molar-refractivity contribution >= 4 is 17.4 Å². The van der Waals surface area contributed by atoms with E-state index in [4.69, 9.17) is 22.1 Å². The van der Waals surface area contributed by atoms with E-state index in [1.807, 2.05) is 0 Å². The molecule has 6 nitrogen and oxygen atoms in total. The van der Waals surface area contributed by atoms with E-state index in [1.165, 1.54) is 0 Å². The topological polar surface area (TPSA) is 90.4 Å². The lowest BCUT2D eigenvalue weighted by atomic mass is 10.0. The molecule has 2 atom stereocenters. The lowest BCUT2D eigenvalue weighted by Gasteiger charge is -2.24. The van der Waals surface area contributed by atoms with E-state index in [0.717, 1.165) is 10.8 Å². The summed E-state index contributed by atoms with van der Waals surface area (Å²) in [5, 5.41) is 9.24. The highest BCUT2D eigenvalue weighted by molar-refractivity contribution is 6.18. The van der Waals surface area contributed by atoms with Gasteiger partial charge < -0.3 is 15.6 Å². The van der Waals surface area contributed by atoms with Gasteiger partial charge in [0.2, 0.25) is 0 Å². The average Bonchev–Trinajstić information content (AvgIpc) is 2.79. The molecule has 1 aromatic rings. The van der Waals surface area contributed by atoms with Crippen LogP contribution in [0.2, 0.25) is 0 Å². The van der Waals surface area contributed by atoms with Crippen molar-refractivity contribution in [2.75, 3.05) is 18.2 Å². The molecule has 0 bridgehead atoms. The van der Waals surface area contributed by atoms with Crippen LogP contribution in [0.15, 0.2) is 11.0 Å². The summed E-state index contributed by atoms with van der Waals surface area (Å²) in [5.41, 5.74) is 3.61. The Hall–Kier alpha value is -1.18. The molecule has 1 fully saturated rings. The first kappa shape index (κ1) is 13.3. The molecule has 0 aliphatic carbocycles. The predicted octanol–water partition coefficient (Wildman–Crippen LogP) is 0.243. The zero-order chi connectivity index (χ0) is 13.3. The van der Waals surface area contributed by atoms with Crippen LogP contribution in [0.5, 0.6) is 0 Å². The monoisotopic (exact) mass is 277 g/mol. The van der Waals surface area contributed by atoms with Gasteiger partial charge in [-0.05, 0) is 12.8 Å². The van der Waals surface area contributed by atoms with Crippen LogP contribution >= 0.6 is 11.6 Å². The molecule has 1 unspecified atom stereocenters. The van der Waals surface area contributed by atoms with Crippen molar-refractivity contribution in [3.8, 4) is 0 Å². The number of halogens is 2. The Morgan fingerprint density at radius 3 is 3.06 bits per heavy atom. The number of nitrogens with zero attached hydrogens (tertiary/aromatic N) is 2. The third-order valence-electron chi connectivity index (χ3n) is 3.01. The molecule has 1 aliphatic rings. The maximum absolute atomic E-state index is 13.3. The highest BCUT2D eigenvalue weighted by Crippen LogP contribution is 2.36. The van der Waals surface area contributed by atoms with Gasteiger partial charge in [0.15, 0.2) is 11.6 Å². The van der Waals surface area contributed by atoms with Crippen LogP contribution in [0.1, 0.15) is 19.1 Å². The Morgan fingerprint density at radius 1 is 1.78 bits per heavy atom. The largest absolute Gasteiger partial charge is 0.393 e. The fraction of sp³-hybridized carbons (Fsp3) is 0.600. The van der Waals surface area contributed by atoms with Gasteiger partial charge >= 0.3 is 5.69 Å². The molecule has 8 heteroatoms. The summed E-state index contributed by atoms with van der Waals surface area (Å²) in [7, 11) is 0. The first-order chi connectivity index (χ1) is 8.51. The lowest BCUT2D eigenvalue weighted by Crippen LogP contribution is -2.36. The van der Waals surface area contributed by atoms with Crippen LogP contribution in [0.4, 0.5) is 10.2 Å². The van der Waals surface area contributed by atoms with Gasteiger partial charge in [0.25, 0.3) is 0 Å². The quantitative estimate of drug-likeness (QED) is 0.773. The van der Waals surface area contributed by atoms with Crippen LogP contribution in [-0.2, 0) is 4.74 Å². The molecule has 3 N–H and O–H groups in total. The fourth-order valence-electron chi connectivity index (χ4n) is 1.91. The number of hydrogen-bond donors (Lipinski definition) is 2. The zero-order valence-electron chi connectivity index (χ0n) is 9.47. The predicted molar refractivity (Wildman–Crippen MR) is 62.8 cm³/mol. The van der Waals surface area contributed by atoms with Gasteiger partial charge in [-0.2, -0.15) is 4.98 Å².